The van der Waals surface area contributed by atoms with Gasteiger partial charge in [-0.1, -0.05) is 12.8 Å². The molecule has 22 heavy (non-hydrogen) atoms. The second-order valence-electron chi connectivity index (χ2n) is 6.98. The lowest BCUT2D eigenvalue weighted by Crippen LogP contribution is -2.50. The Balaban J connectivity index is 1.46. The molecule has 0 spiro atoms. The summed E-state index contributed by atoms with van der Waals surface area (Å²) < 4.78 is 22.8. The summed E-state index contributed by atoms with van der Waals surface area (Å²) in [6.07, 6.45) is 4.54. The van der Waals surface area contributed by atoms with E-state index in [1.165, 1.54) is 6.42 Å². The van der Waals surface area contributed by atoms with Crippen molar-refractivity contribution in [1.29, 1.82) is 0 Å². The number of sulfone groups is 1. The van der Waals surface area contributed by atoms with Gasteiger partial charge in [-0.25, -0.2) is 8.42 Å². The van der Waals surface area contributed by atoms with Crippen molar-refractivity contribution in [3.8, 4) is 0 Å². The first-order valence-corrected chi connectivity index (χ1v) is 10.3. The van der Waals surface area contributed by atoms with E-state index in [2.05, 4.69) is 15.5 Å². The highest BCUT2D eigenvalue weighted by molar-refractivity contribution is 7.91. The molecule has 3 aliphatic rings. The van der Waals surface area contributed by atoms with E-state index in [0.29, 0.717) is 25.6 Å². The van der Waals surface area contributed by atoms with Crippen molar-refractivity contribution in [1.82, 2.24) is 15.5 Å². The van der Waals surface area contributed by atoms with Gasteiger partial charge in [-0.15, -0.1) is 0 Å². The summed E-state index contributed by atoms with van der Waals surface area (Å²) in [4.78, 5) is 14.8. The second kappa shape index (κ2) is 6.45. The topological polar surface area (TPSA) is 78.5 Å². The van der Waals surface area contributed by atoms with Gasteiger partial charge >= 0.3 is 0 Å². The molecule has 0 aromatic rings. The normalized spacial score (nSPS) is 35.0. The van der Waals surface area contributed by atoms with Crippen molar-refractivity contribution in [3.63, 3.8) is 0 Å². The molecule has 1 saturated carbocycles. The molecule has 0 bridgehead atoms. The van der Waals surface area contributed by atoms with Crippen LogP contribution in [0.2, 0.25) is 0 Å². The van der Waals surface area contributed by atoms with E-state index in [0.717, 1.165) is 38.9 Å². The number of fused-ring (bicyclic) bond motifs is 1. The summed E-state index contributed by atoms with van der Waals surface area (Å²) in [6.45, 7) is 4.33. The number of carbonyl (C=O) groups is 1. The molecule has 0 aromatic carbocycles. The number of rotatable bonds is 4. The molecule has 126 valence electrons. The van der Waals surface area contributed by atoms with E-state index in [9.17, 15) is 13.2 Å². The molecule has 2 atom stereocenters. The van der Waals surface area contributed by atoms with Crippen molar-refractivity contribution < 1.29 is 13.2 Å². The van der Waals surface area contributed by atoms with Gasteiger partial charge in [0, 0.05) is 32.7 Å². The van der Waals surface area contributed by atoms with Crippen LogP contribution in [0.25, 0.3) is 0 Å². The Morgan fingerprint density at radius 2 is 2.05 bits per heavy atom. The fourth-order valence-corrected chi connectivity index (χ4v) is 5.44. The number of nitrogens with one attached hydrogen (secondary N) is 2. The van der Waals surface area contributed by atoms with Crippen LogP contribution in [0, 0.1) is 11.3 Å². The standard InChI is InChI=1S/C15H27N3O3S/c19-14(15-4-2-1-3-13(15)11-16-12-15)17-5-6-18-7-9-22(20,21)10-8-18/h13,16H,1-12H2,(H,17,19)/t13-,15+/m0/s1. The third kappa shape index (κ3) is 3.31. The molecule has 6 nitrogen and oxygen atoms in total. The van der Waals surface area contributed by atoms with Crippen LogP contribution in [0.3, 0.4) is 0 Å². The minimum Gasteiger partial charge on any atom is -0.354 e. The van der Waals surface area contributed by atoms with Crippen molar-refractivity contribution in [3.05, 3.63) is 0 Å². The van der Waals surface area contributed by atoms with Crippen LogP contribution in [0.1, 0.15) is 25.7 Å². The van der Waals surface area contributed by atoms with Crippen LogP contribution < -0.4 is 10.6 Å². The maximum atomic E-state index is 12.7. The molecule has 0 aromatic heterocycles. The molecule has 3 fully saturated rings. The maximum Gasteiger partial charge on any atom is 0.227 e. The van der Waals surface area contributed by atoms with Gasteiger partial charge in [0.05, 0.1) is 16.9 Å². The molecular weight excluding hydrogens is 302 g/mol. The summed E-state index contributed by atoms with van der Waals surface area (Å²) in [7, 11) is -2.82. The second-order valence-corrected chi connectivity index (χ2v) is 9.28. The predicted octanol–water partition coefficient (Wildman–Crippen LogP) is -0.387. The number of hydrogen-bond acceptors (Lipinski definition) is 5. The van der Waals surface area contributed by atoms with Gasteiger partial charge in [-0.3, -0.25) is 9.69 Å². The molecule has 2 heterocycles. The van der Waals surface area contributed by atoms with Gasteiger partial charge in [0.1, 0.15) is 0 Å². The van der Waals surface area contributed by atoms with E-state index in [1.807, 2.05) is 0 Å². The summed E-state index contributed by atoms with van der Waals surface area (Å²) in [5.41, 5.74) is -0.191. The zero-order valence-electron chi connectivity index (χ0n) is 13.1. The van der Waals surface area contributed by atoms with Crippen molar-refractivity contribution in [2.24, 2.45) is 11.3 Å². The summed E-state index contributed by atoms with van der Waals surface area (Å²) in [5.74, 6) is 1.18. The zero-order chi connectivity index (χ0) is 15.6. The smallest absolute Gasteiger partial charge is 0.227 e. The third-order valence-electron chi connectivity index (χ3n) is 5.64. The molecule has 0 unspecified atom stereocenters. The largest absolute Gasteiger partial charge is 0.354 e. The Bertz CT molecular complexity index is 508. The molecule has 0 radical (unpaired) electrons. The van der Waals surface area contributed by atoms with E-state index >= 15 is 0 Å². The van der Waals surface area contributed by atoms with E-state index < -0.39 is 9.84 Å². The lowest BCUT2D eigenvalue weighted by Gasteiger charge is -2.37. The Morgan fingerprint density at radius 1 is 1.27 bits per heavy atom. The van der Waals surface area contributed by atoms with Crippen LogP contribution in [0.5, 0.6) is 0 Å². The van der Waals surface area contributed by atoms with Crippen LogP contribution >= 0.6 is 0 Å². The van der Waals surface area contributed by atoms with Gasteiger partial charge in [-0.05, 0) is 25.3 Å². The molecule has 3 rings (SSSR count). The fraction of sp³-hybridized carbons (Fsp3) is 0.933. The predicted molar refractivity (Wildman–Crippen MR) is 85.4 cm³/mol. The van der Waals surface area contributed by atoms with E-state index in [4.69, 9.17) is 0 Å². The Morgan fingerprint density at radius 3 is 2.82 bits per heavy atom. The SMILES string of the molecule is O=C(NCCN1CCS(=O)(=O)CC1)[C@@]12CCCC[C@H]1CNC2. The van der Waals surface area contributed by atoms with E-state index in [-0.39, 0.29) is 22.8 Å². The van der Waals surface area contributed by atoms with Gasteiger partial charge in [0.2, 0.25) is 5.91 Å². The minimum atomic E-state index is -2.82. The zero-order valence-corrected chi connectivity index (χ0v) is 14.0. The molecule has 1 aliphatic carbocycles. The number of amides is 1. The quantitative estimate of drug-likeness (QED) is 0.735. The third-order valence-corrected chi connectivity index (χ3v) is 7.25. The Labute approximate surface area is 132 Å². The highest BCUT2D eigenvalue weighted by atomic mass is 32.2. The van der Waals surface area contributed by atoms with Gasteiger partial charge in [0.25, 0.3) is 0 Å². The first-order chi connectivity index (χ1) is 10.5. The number of carbonyl (C=O) groups excluding carboxylic acids is 1. The van der Waals surface area contributed by atoms with Crippen molar-refractivity contribution in [2.45, 2.75) is 25.7 Å². The fourth-order valence-electron chi connectivity index (χ4n) is 4.17. The van der Waals surface area contributed by atoms with Crippen LogP contribution in [0.15, 0.2) is 0 Å². The van der Waals surface area contributed by atoms with Gasteiger partial charge < -0.3 is 10.6 Å². The Hall–Kier alpha value is -0.660. The number of hydrogen-bond donors (Lipinski definition) is 2. The maximum absolute atomic E-state index is 12.7. The molecule has 2 aliphatic heterocycles. The summed E-state index contributed by atoms with van der Waals surface area (Å²) in [5, 5.41) is 6.51. The molecular formula is C15H27N3O3S. The Kier molecular flexibility index (Phi) is 4.75. The lowest BCUT2D eigenvalue weighted by atomic mass is 9.67. The molecule has 2 N–H and O–H groups in total. The van der Waals surface area contributed by atoms with Crippen LogP contribution in [0.4, 0.5) is 0 Å². The minimum absolute atomic E-state index is 0.191. The number of nitrogens with zero attached hydrogens (tertiary/aromatic N) is 1. The van der Waals surface area contributed by atoms with Gasteiger partial charge in [0.15, 0.2) is 9.84 Å². The first kappa shape index (κ1) is 16.2. The summed E-state index contributed by atoms with van der Waals surface area (Å²) >= 11 is 0. The first-order valence-electron chi connectivity index (χ1n) is 8.44. The van der Waals surface area contributed by atoms with Gasteiger partial charge in [-0.2, -0.15) is 0 Å². The average Bonchev–Trinajstić information content (AvgIpc) is 2.94. The monoisotopic (exact) mass is 329 g/mol. The molecule has 7 heteroatoms. The van der Waals surface area contributed by atoms with Crippen molar-refractivity contribution >= 4 is 15.7 Å². The highest BCUT2D eigenvalue weighted by Crippen LogP contribution is 2.43. The van der Waals surface area contributed by atoms with Crippen LogP contribution in [-0.4, -0.2) is 70.0 Å². The molecule has 2 saturated heterocycles. The van der Waals surface area contributed by atoms with Crippen molar-refractivity contribution in [2.75, 3.05) is 50.8 Å². The molecule has 1 amide bonds. The van der Waals surface area contributed by atoms with E-state index in [1.54, 1.807) is 0 Å². The highest BCUT2D eigenvalue weighted by Gasteiger charge is 2.49. The lowest BCUT2D eigenvalue weighted by molar-refractivity contribution is -0.134. The van der Waals surface area contributed by atoms with Crippen LogP contribution in [-0.2, 0) is 14.6 Å². The summed E-state index contributed by atoms with van der Waals surface area (Å²) in [6, 6.07) is 0. The average molecular weight is 329 g/mol.